The van der Waals surface area contributed by atoms with Crippen LogP contribution < -0.4 is 0 Å². The highest BCUT2D eigenvalue weighted by molar-refractivity contribution is 7.94. The third-order valence-corrected chi connectivity index (χ3v) is 4.22. The van der Waals surface area contributed by atoms with E-state index >= 15 is 0 Å². The molecule has 7 nitrogen and oxygen atoms in total. The number of terminal acetylenes is 1. The van der Waals surface area contributed by atoms with Gasteiger partial charge in [-0.3, -0.25) is 0 Å². The molecule has 0 aromatic rings. The van der Waals surface area contributed by atoms with Crippen molar-refractivity contribution in [2.45, 2.75) is 19.8 Å². The molecule has 0 spiro atoms. The van der Waals surface area contributed by atoms with Gasteiger partial charge in [-0.1, -0.05) is 18.1 Å². The van der Waals surface area contributed by atoms with Crippen molar-refractivity contribution in [3.63, 3.8) is 0 Å². The molecular formula is C12H14N4O3S. The second-order valence-electron chi connectivity index (χ2n) is 4.44. The summed E-state index contributed by atoms with van der Waals surface area (Å²) in [5.41, 5.74) is 0.834. The number of fused-ring (bicyclic) bond motifs is 1. The first kappa shape index (κ1) is 14.3. The van der Waals surface area contributed by atoms with Crippen LogP contribution in [0.3, 0.4) is 0 Å². The normalized spacial score (nSPS) is 18.9. The van der Waals surface area contributed by atoms with Crippen molar-refractivity contribution in [2.75, 3.05) is 12.8 Å². The van der Waals surface area contributed by atoms with Crippen molar-refractivity contribution in [1.29, 1.82) is 0 Å². The number of nitrogens with zero attached hydrogens (tertiary/aromatic N) is 4. The summed E-state index contributed by atoms with van der Waals surface area (Å²) in [6, 6.07) is -0.500. The molecule has 0 atom stereocenters. The third kappa shape index (κ3) is 2.44. The van der Waals surface area contributed by atoms with E-state index in [0.29, 0.717) is 6.42 Å². The van der Waals surface area contributed by atoms with E-state index in [2.05, 4.69) is 16.3 Å². The van der Waals surface area contributed by atoms with Crippen LogP contribution in [0.15, 0.2) is 32.8 Å². The van der Waals surface area contributed by atoms with E-state index in [1.807, 2.05) is 6.92 Å². The van der Waals surface area contributed by atoms with E-state index < -0.39 is 15.9 Å². The monoisotopic (exact) mass is 294 g/mol. The molecule has 0 N–H and O–H groups in total. The van der Waals surface area contributed by atoms with Gasteiger partial charge in [0.15, 0.2) is 15.7 Å². The Hall–Kier alpha value is -2.14. The van der Waals surface area contributed by atoms with Gasteiger partial charge in [-0.05, 0) is 12.0 Å². The highest BCUT2D eigenvalue weighted by Gasteiger charge is 2.35. The molecule has 0 bridgehead atoms. The Balaban J connectivity index is 2.55. The average molecular weight is 294 g/mol. The molecule has 2 amide bonds. The summed E-state index contributed by atoms with van der Waals surface area (Å²) in [6.45, 7) is 1.88. The van der Waals surface area contributed by atoms with Gasteiger partial charge in [0.05, 0.1) is 4.91 Å². The zero-order chi connectivity index (χ0) is 14.9. The minimum atomic E-state index is -3.46. The maximum absolute atomic E-state index is 12.2. The Morgan fingerprint density at radius 2 is 2.20 bits per heavy atom. The van der Waals surface area contributed by atoms with Crippen molar-refractivity contribution >= 4 is 15.9 Å². The molecule has 8 heteroatoms. The molecule has 2 aliphatic rings. The van der Waals surface area contributed by atoms with Gasteiger partial charge in [-0.2, -0.15) is 5.01 Å². The number of hydrogen-bond acceptors (Lipinski definition) is 5. The number of hydrogen-bond donors (Lipinski definition) is 0. The van der Waals surface area contributed by atoms with Gasteiger partial charge in [0.2, 0.25) is 0 Å². The molecular weight excluding hydrogens is 280 g/mol. The lowest BCUT2D eigenvalue weighted by Crippen LogP contribution is -2.41. The standard InChI is InChI=1S/C12H14N4O3S/c1-4-6-16-12(17)15-8-9(5-2)7-10(20(3,18)19)11(15)13-14-16/h1,8H,5-7H2,2-3H3. The second-order valence-corrected chi connectivity index (χ2v) is 6.48. The predicted octanol–water partition coefficient (Wildman–Crippen LogP) is 1.64. The summed E-state index contributed by atoms with van der Waals surface area (Å²) < 4.78 is 23.7. The molecule has 106 valence electrons. The number of allylic oxidation sites excluding steroid dienone is 2. The van der Waals surface area contributed by atoms with E-state index in [0.717, 1.165) is 16.8 Å². The number of amides is 2. The average Bonchev–Trinajstić information content (AvgIpc) is 2.40. The molecule has 20 heavy (non-hydrogen) atoms. The maximum atomic E-state index is 12.2. The molecule has 0 aromatic carbocycles. The Labute approximate surface area is 117 Å². The lowest BCUT2D eigenvalue weighted by atomic mass is 10.1. The Bertz CT molecular complexity index is 682. The van der Waals surface area contributed by atoms with E-state index in [9.17, 15) is 13.2 Å². The molecule has 0 aromatic heterocycles. The molecule has 0 aliphatic carbocycles. The van der Waals surface area contributed by atoms with E-state index in [4.69, 9.17) is 6.42 Å². The fourth-order valence-electron chi connectivity index (χ4n) is 1.92. The van der Waals surface area contributed by atoms with E-state index in [1.165, 1.54) is 4.90 Å². The first-order valence-electron chi connectivity index (χ1n) is 5.97. The van der Waals surface area contributed by atoms with Gasteiger partial charge < -0.3 is 0 Å². The Kier molecular flexibility index (Phi) is 3.63. The topological polar surface area (TPSA) is 82.4 Å². The van der Waals surface area contributed by atoms with E-state index in [-0.39, 0.29) is 23.7 Å². The molecule has 0 radical (unpaired) electrons. The van der Waals surface area contributed by atoms with Crippen molar-refractivity contribution in [3.05, 3.63) is 22.5 Å². The van der Waals surface area contributed by atoms with Crippen LogP contribution >= 0.6 is 0 Å². The lowest BCUT2D eigenvalue weighted by Gasteiger charge is -2.31. The molecule has 0 saturated heterocycles. The zero-order valence-electron chi connectivity index (χ0n) is 11.2. The summed E-state index contributed by atoms with van der Waals surface area (Å²) in [5, 5.41) is 8.52. The van der Waals surface area contributed by atoms with Crippen LogP contribution in [0.2, 0.25) is 0 Å². The van der Waals surface area contributed by atoms with Gasteiger partial charge in [-0.25, -0.2) is 18.1 Å². The number of rotatable bonds is 3. The van der Waals surface area contributed by atoms with Crippen molar-refractivity contribution in [3.8, 4) is 12.3 Å². The number of sulfone groups is 1. The summed E-state index contributed by atoms with van der Waals surface area (Å²) in [7, 11) is -3.46. The number of carbonyl (C=O) groups excluding carboxylic acids is 1. The van der Waals surface area contributed by atoms with Crippen LogP contribution in [0.5, 0.6) is 0 Å². The number of carbonyl (C=O) groups is 1. The first-order valence-corrected chi connectivity index (χ1v) is 7.86. The molecule has 2 aliphatic heterocycles. The van der Waals surface area contributed by atoms with Crippen molar-refractivity contribution in [1.82, 2.24) is 9.91 Å². The number of urea groups is 1. The molecule has 0 fully saturated rings. The SMILES string of the molecule is C#CCN1N=NC2=C(S(C)(=O)=O)CC(CC)=CN2C1=O. The fraction of sp³-hybridized carbons (Fsp3) is 0.417. The van der Waals surface area contributed by atoms with Crippen LogP contribution in [0.25, 0.3) is 0 Å². The summed E-state index contributed by atoms with van der Waals surface area (Å²) in [5.74, 6) is 2.36. The van der Waals surface area contributed by atoms with Gasteiger partial charge >= 0.3 is 6.03 Å². The first-order chi connectivity index (χ1) is 9.38. The third-order valence-electron chi connectivity index (χ3n) is 2.99. The van der Waals surface area contributed by atoms with Gasteiger partial charge in [0.1, 0.15) is 6.54 Å². The van der Waals surface area contributed by atoms with Crippen molar-refractivity contribution < 1.29 is 13.2 Å². The fourth-order valence-corrected chi connectivity index (χ4v) is 2.84. The Morgan fingerprint density at radius 3 is 2.75 bits per heavy atom. The Morgan fingerprint density at radius 1 is 1.50 bits per heavy atom. The second kappa shape index (κ2) is 5.09. The van der Waals surface area contributed by atoms with E-state index in [1.54, 1.807) is 6.20 Å². The molecule has 2 rings (SSSR count). The highest BCUT2D eigenvalue weighted by atomic mass is 32.2. The highest BCUT2D eigenvalue weighted by Crippen LogP contribution is 2.33. The van der Waals surface area contributed by atoms with Gasteiger partial charge in [0.25, 0.3) is 0 Å². The zero-order valence-corrected chi connectivity index (χ0v) is 12.0. The van der Waals surface area contributed by atoms with Crippen molar-refractivity contribution in [2.24, 2.45) is 10.3 Å². The molecule has 0 unspecified atom stereocenters. The molecule has 2 heterocycles. The maximum Gasteiger partial charge on any atom is 0.352 e. The summed E-state index contributed by atoms with van der Waals surface area (Å²) >= 11 is 0. The van der Waals surface area contributed by atoms with Gasteiger partial charge in [-0.15, -0.1) is 11.5 Å². The largest absolute Gasteiger partial charge is 0.352 e. The molecule has 0 saturated carbocycles. The van der Waals surface area contributed by atoms with Crippen LogP contribution in [0, 0.1) is 12.3 Å². The quantitative estimate of drug-likeness (QED) is 0.742. The minimum Gasteiger partial charge on any atom is -0.249 e. The van der Waals surface area contributed by atoms with Crippen LogP contribution in [-0.4, -0.2) is 37.2 Å². The van der Waals surface area contributed by atoms with Gasteiger partial charge in [0, 0.05) is 18.9 Å². The summed E-state index contributed by atoms with van der Waals surface area (Å²) in [6.07, 6.45) is 8.75. The van der Waals surface area contributed by atoms with Crippen LogP contribution in [0.1, 0.15) is 19.8 Å². The van der Waals surface area contributed by atoms with Crippen LogP contribution in [0.4, 0.5) is 4.79 Å². The predicted molar refractivity (Wildman–Crippen MR) is 72.5 cm³/mol. The summed E-state index contributed by atoms with van der Waals surface area (Å²) in [4.78, 5) is 13.5. The van der Waals surface area contributed by atoms with Crippen LogP contribution in [-0.2, 0) is 9.84 Å². The smallest absolute Gasteiger partial charge is 0.249 e. The lowest BCUT2D eigenvalue weighted by molar-refractivity contribution is 0.170. The minimum absolute atomic E-state index is 0.0182.